The number of anilines is 3. The van der Waals surface area contributed by atoms with Crippen molar-refractivity contribution in [2.45, 2.75) is 6.54 Å². The Bertz CT molecular complexity index is 571. The Balaban J connectivity index is 2.07. The van der Waals surface area contributed by atoms with Crippen molar-refractivity contribution in [1.29, 1.82) is 0 Å². The van der Waals surface area contributed by atoms with Crippen LogP contribution in [0.15, 0.2) is 30.5 Å². The highest BCUT2D eigenvalue weighted by Gasteiger charge is 2.07. The molecule has 0 unspecified atom stereocenters. The molecule has 20 heavy (non-hydrogen) atoms. The minimum Gasteiger partial charge on any atom is -0.379 e. The number of nitrogens with zero attached hydrogens (tertiary/aromatic N) is 4. The first kappa shape index (κ1) is 14.2. The van der Waals surface area contributed by atoms with Crippen LogP contribution in [0.4, 0.5) is 17.3 Å². The van der Waals surface area contributed by atoms with Crippen LogP contribution in [0.25, 0.3) is 0 Å². The predicted octanol–water partition coefficient (Wildman–Crippen LogP) is 2.16. The molecule has 0 spiro atoms. The summed E-state index contributed by atoms with van der Waals surface area (Å²) in [6, 6.07) is 8.38. The molecule has 0 saturated heterocycles. The van der Waals surface area contributed by atoms with Crippen LogP contribution < -0.4 is 15.1 Å². The van der Waals surface area contributed by atoms with Crippen molar-refractivity contribution in [3.63, 3.8) is 0 Å². The fourth-order valence-corrected chi connectivity index (χ4v) is 2.10. The van der Waals surface area contributed by atoms with Gasteiger partial charge in [-0.3, -0.25) is 0 Å². The minimum absolute atomic E-state index is 0.758. The molecule has 0 saturated carbocycles. The van der Waals surface area contributed by atoms with Crippen LogP contribution in [-0.4, -0.2) is 37.7 Å². The second-order valence-electron chi connectivity index (χ2n) is 5.30. The molecule has 2 rings (SSSR count). The molecule has 0 aliphatic heterocycles. The summed E-state index contributed by atoms with van der Waals surface area (Å²) >= 11 is 0. The van der Waals surface area contributed by atoms with Crippen LogP contribution in [0.1, 0.15) is 5.69 Å². The second-order valence-corrected chi connectivity index (χ2v) is 5.30. The number of imidazole rings is 1. The first-order valence-electron chi connectivity index (χ1n) is 6.68. The third kappa shape index (κ3) is 3.04. The van der Waals surface area contributed by atoms with Crippen molar-refractivity contribution >= 4 is 17.3 Å². The normalized spacial score (nSPS) is 10.4. The summed E-state index contributed by atoms with van der Waals surface area (Å²) in [5.74, 6) is 0.962. The quantitative estimate of drug-likeness (QED) is 0.906. The molecule has 108 valence electrons. The average molecular weight is 273 g/mol. The molecule has 0 bridgehead atoms. The molecule has 0 aliphatic rings. The van der Waals surface area contributed by atoms with Crippen molar-refractivity contribution < 1.29 is 0 Å². The van der Waals surface area contributed by atoms with E-state index in [1.54, 1.807) is 0 Å². The number of hydrogen-bond acceptors (Lipinski definition) is 4. The molecule has 2 aromatic rings. The van der Waals surface area contributed by atoms with Gasteiger partial charge < -0.3 is 19.7 Å². The van der Waals surface area contributed by atoms with Gasteiger partial charge >= 0.3 is 0 Å². The van der Waals surface area contributed by atoms with E-state index < -0.39 is 0 Å². The van der Waals surface area contributed by atoms with Crippen LogP contribution in [0.5, 0.6) is 0 Å². The van der Waals surface area contributed by atoms with Gasteiger partial charge in [0.1, 0.15) is 0 Å². The van der Waals surface area contributed by atoms with Crippen molar-refractivity contribution in [3.05, 3.63) is 36.2 Å². The van der Waals surface area contributed by atoms with E-state index in [0.29, 0.717) is 0 Å². The van der Waals surface area contributed by atoms with E-state index in [4.69, 9.17) is 0 Å². The SMILES string of the molecule is CN(C)c1cccc(NCc2cnc(N(C)C)n2C)c1. The Labute approximate surface area is 120 Å². The molecule has 0 fully saturated rings. The lowest BCUT2D eigenvalue weighted by Crippen LogP contribution is -2.15. The molecule has 0 amide bonds. The largest absolute Gasteiger partial charge is 0.379 e. The Morgan fingerprint density at radius 3 is 2.50 bits per heavy atom. The Hall–Kier alpha value is -2.17. The van der Waals surface area contributed by atoms with Gasteiger partial charge in [0.25, 0.3) is 0 Å². The van der Waals surface area contributed by atoms with E-state index in [-0.39, 0.29) is 0 Å². The molecular weight excluding hydrogens is 250 g/mol. The lowest BCUT2D eigenvalue weighted by molar-refractivity contribution is 0.814. The van der Waals surface area contributed by atoms with E-state index in [1.807, 2.05) is 46.3 Å². The van der Waals surface area contributed by atoms with E-state index >= 15 is 0 Å². The maximum absolute atomic E-state index is 4.41. The standard InChI is InChI=1S/C15H23N5/c1-18(2)13-8-6-7-12(9-13)16-10-14-11-17-15(19(3)4)20(14)5/h6-9,11,16H,10H2,1-5H3. The molecular formula is C15H23N5. The molecule has 1 aromatic carbocycles. The third-order valence-corrected chi connectivity index (χ3v) is 3.30. The Kier molecular flexibility index (Phi) is 4.17. The second kappa shape index (κ2) is 5.86. The number of benzene rings is 1. The summed E-state index contributed by atoms with van der Waals surface area (Å²) in [4.78, 5) is 8.52. The van der Waals surface area contributed by atoms with Crippen LogP contribution in [0, 0.1) is 0 Å². The van der Waals surface area contributed by atoms with Gasteiger partial charge in [0.2, 0.25) is 5.95 Å². The fraction of sp³-hybridized carbons (Fsp3) is 0.400. The van der Waals surface area contributed by atoms with Gasteiger partial charge in [-0.2, -0.15) is 0 Å². The molecule has 1 aromatic heterocycles. The number of aromatic nitrogens is 2. The van der Waals surface area contributed by atoms with Crippen molar-refractivity contribution in [3.8, 4) is 0 Å². The van der Waals surface area contributed by atoms with Gasteiger partial charge in [0.05, 0.1) is 18.4 Å². The highest BCUT2D eigenvalue weighted by molar-refractivity contribution is 5.57. The number of hydrogen-bond donors (Lipinski definition) is 1. The molecule has 0 radical (unpaired) electrons. The van der Waals surface area contributed by atoms with E-state index in [9.17, 15) is 0 Å². The lowest BCUT2D eigenvalue weighted by Gasteiger charge is -2.15. The zero-order valence-corrected chi connectivity index (χ0v) is 12.9. The topological polar surface area (TPSA) is 36.3 Å². The van der Waals surface area contributed by atoms with E-state index in [0.717, 1.165) is 23.9 Å². The summed E-state index contributed by atoms with van der Waals surface area (Å²) in [6.45, 7) is 0.758. The molecule has 0 aliphatic carbocycles. The van der Waals surface area contributed by atoms with Gasteiger partial charge in [-0.15, -0.1) is 0 Å². The Morgan fingerprint density at radius 2 is 1.90 bits per heavy atom. The minimum atomic E-state index is 0.758. The summed E-state index contributed by atoms with van der Waals surface area (Å²) in [5.41, 5.74) is 3.46. The zero-order valence-electron chi connectivity index (χ0n) is 12.9. The molecule has 1 heterocycles. The monoisotopic (exact) mass is 273 g/mol. The van der Waals surface area contributed by atoms with Crippen LogP contribution in [0.3, 0.4) is 0 Å². The van der Waals surface area contributed by atoms with Crippen LogP contribution in [0.2, 0.25) is 0 Å². The molecule has 5 nitrogen and oxygen atoms in total. The Morgan fingerprint density at radius 1 is 1.15 bits per heavy atom. The highest BCUT2D eigenvalue weighted by Crippen LogP contribution is 2.18. The predicted molar refractivity (Wildman–Crippen MR) is 85.6 cm³/mol. The zero-order chi connectivity index (χ0) is 14.7. The van der Waals surface area contributed by atoms with Gasteiger partial charge in [0, 0.05) is 46.6 Å². The number of rotatable bonds is 5. The van der Waals surface area contributed by atoms with Gasteiger partial charge in [-0.05, 0) is 18.2 Å². The molecule has 1 N–H and O–H groups in total. The van der Waals surface area contributed by atoms with Crippen LogP contribution in [-0.2, 0) is 13.6 Å². The summed E-state index contributed by atoms with van der Waals surface area (Å²) in [7, 11) is 10.1. The third-order valence-electron chi connectivity index (χ3n) is 3.30. The van der Waals surface area contributed by atoms with Crippen LogP contribution >= 0.6 is 0 Å². The summed E-state index contributed by atoms with van der Waals surface area (Å²) in [5, 5.41) is 3.44. The summed E-state index contributed by atoms with van der Waals surface area (Å²) < 4.78 is 2.10. The van der Waals surface area contributed by atoms with E-state index in [2.05, 4.69) is 44.0 Å². The molecule has 0 atom stereocenters. The molecule has 5 heteroatoms. The fourth-order valence-electron chi connectivity index (χ4n) is 2.10. The number of nitrogens with one attached hydrogen (secondary N) is 1. The van der Waals surface area contributed by atoms with Gasteiger partial charge in [-0.25, -0.2) is 4.98 Å². The maximum atomic E-state index is 4.41. The average Bonchev–Trinajstić information content (AvgIpc) is 2.78. The van der Waals surface area contributed by atoms with Crippen molar-refractivity contribution in [1.82, 2.24) is 9.55 Å². The highest BCUT2D eigenvalue weighted by atomic mass is 15.3. The lowest BCUT2D eigenvalue weighted by atomic mass is 10.2. The van der Waals surface area contributed by atoms with Gasteiger partial charge in [-0.1, -0.05) is 6.07 Å². The van der Waals surface area contributed by atoms with Gasteiger partial charge in [0.15, 0.2) is 0 Å². The first-order valence-corrected chi connectivity index (χ1v) is 6.68. The van der Waals surface area contributed by atoms with E-state index in [1.165, 1.54) is 5.69 Å². The van der Waals surface area contributed by atoms with Crippen molar-refractivity contribution in [2.24, 2.45) is 7.05 Å². The maximum Gasteiger partial charge on any atom is 0.204 e. The first-order chi connectivity index (χ1) is 9.49. The smallest absolute Gasteiger partial charge is 0.204 e. The summed E-state index contributed by atoms with van der Waals surface area (Å²) in [6.07, 6.45) is 1.91. The van der Waals surface area contributed by atoms with Crippen molar-refractivity contribution in [2.75, 3.05) is 43.3 Å².